The molecule has 1 atom stereocenters. The Morgan fingerprint density at radius 1 is 1.43 bits per heavy atom. The van der Waals surface area contributed by atoms with Gasteiger partial charge in [-0.05, 0) is 43.4 Å². The zero-order valence-electron chi connectivity index (χ0n) is 12.5. The molecule has 0 spiro atoms. The van der Waals surface area contributed by atoms with Gasteiger partial charge in [-0.3, -0.25) is 0 Å². The van der Waals surface area contributed by atoms with Gasteiger partial charge in [0.15, 0.2) is 0 Å². The van der Waals surface area contributed by atoms with Gasteiger partial charge in [0.05, 0.1) is 13.2 Å². The molecule has 1 aromatic rings. The summed E-state index contributed by atoms with van der Waals surface area (Å²) in [6.07, 6.45) is 3.12. The maximum Gasteiger partial charge on any atom is 0.317 e. The molecule has 0 saturated carbocycles. The molecule has 1 unspecified atom stereocenters. The number of hydrogen-bond donors (Lipinski definition) is 2. The first kappa shape index (κ1) is 15.6. The smallest absolute Gasteiger partial charge is 0.317 e. The van der Waals surface area contributed by atoms with Gasteiger partial charge in [-0.2, -0.15) is 0 Å². The highest BCUT2D eigenvalue weighted by atomic mass is 16.5. The average Bonchev–Trinajstić information content (AvgIpc) is 2.52. The standard InChI is InChI=1S/C16H24N2O3/c1-21-15-8-6-13(7-9-15)4-2-10-17-16(20)18-11-3-5-14(19)12-18/h6-9,14,19H,2-5,10-12H2,1H3,(H,17,20). The van der Waals surface area contributed by atoms with Gasteiger partial charge < -0.3 is 20.1 Å². The van der Waals surface area contributed by atoms with Crippen LogP contribution in [0.4, 0.5) is 4.79 Å². The maximum absolute atomic E-state index is 11.9. The number of likely N-dealkylation sites (tertiary alicyclic amines) is 1. The SMILES string of the molecule is COc1ccc(CCCNC(=O)N2CCCC(O)C2)cc1. The lowest BCUT2D eigenvalue weighted by Gasteiger charge is -2.30. The van der Waals surface area contributed by atoms with Gasteiger partial charge in [0.1, 0.15) is 5.75 Å². The number of carbonyl (C=O) groups excluding carboxylic acids is 1. The molecule has 2 rings (SSSR count). The van der Waals surface area contributed by atoms with Crippen LogP contribution in [0.15, 0.2) is 24.3 Å². The molecule has 1 saturated heterocycles. The van der Waals surface area contributed by atoms with Crippen molar-refractivity contribution >= 4 is 6.03 Å². The van der Waals surface area contributed by atoms with E-state index in [0.29, 0.717) is 13.1 Å². The summed E-state index contributed by atoms with van der Waals surface area (Å²) in [5, 5.41) is 12.5. The van der Waals surface area contributed by atoms with Crippen LogP contribution < -0.4 is 10.1 Å². The predicted molar refractivity (Wildman–Crippen MR) is 81.5 cm³/mol. The molecule has 0 aromatic heterocycles. The molecule has 21 heavy (non-hydrogen) atoms. The number of piperidine rings is 1. The van der Waals surface area contributed by atoms with E-state index in [4.69, 9.17) is 4.74 Å². The van der Waals surface area contributed by atoms with Gasteiger partial charge in [-0.25, -0.2) is 4.79 Å². The van der Waals surface area contributed by atoms with E-state index in [2.05, 4.69) is 5.32 Å². The van der Waals surface area contributed by atoms with Crippen LogP contribution in [-0.2, 0) is 6.42 Å². The Balaban J connectivity index is 1.65. The van der Waals surface area contributed by atoms with E-state index in [0.717, 1.165) is 38.0 Å². The number of β-amino-alcohol motifs (C(OH)–C–C–N with tert-alkyl or cyclic N) is 1. The first-order chi connectivity index (χ1) is 10.2. The number of methoxy groups -OCH3 is 1. The summed E-state index contributed by atoms with van der Waals surface area (Å²) in [4.78, 5) is 13.6. The van der Waals surface area contributed by atoms with Crippen molar-refractivity contribution in [3.63, 3.8) is 0 Å². The number of rotatable bonds is 5. The molecule has 2 amide bonds. The van der Waals surface area contributed by atoms with E-state index in [1.165, 1.54) is 5.56 Å². The molecule has 5 heteroatoms. The molecule has 1 aliphatic rings. The lowest BCUT2D eigenvalue weighted by molar-refractivity contribution is 0.0843. The van der Waals surface area contributed by atoms with Crippen molar-refractivity contribution in [3.05, 3.63) is 29.8 Å². The van der Waals surface area contributed by atoms with Gasteiger partial charge in [-0.15, -0.1) is 0 Å². The first-order valence-electron chi connectivity index (χ1n) is 7.53. The van der Waals surface area contributed by atoms with Gasteiger partial charge in [0, 0.05) is 19.6 Å². The number of urea groups is 1. The van der Waals surface area contributed by atoms with E-state index in [9.17, 15) is 9.90 Å². The van der Waals surface area contributed by atoms with Gasteiger partial charge in [0.25, 0.3) is 0 Å². The minimum atomic E-state index is -0.371. The Bertz CT molecular complexity index is 447. The third kappa shape index (κ3) is 4.93. The van der Waals surface area contributed by atoms with Crippen LogP contribution in [-0.4, -0.2) is 48.9 Å². The van der Waals surface area contributed by atoms with E-state index in [1.807, 2.05) is 24.3 Å². The topological polar surface area (TPSA) is 61.8 Å². The quantitative estimate of drug-likeness (QED) is 0.813. The Kier molecular flexibility index (Phi) is 5.87. The molecule has 1 fully saturated rings. The van der Waals surface area contributed by atoms with Crippen molar-refractivity contribution in [2.24, 2.45) is 0 Å². The Hall–Kier alpha value is -1.75. The van der Waals surface area contributed by atoms with Crippen molar-refractivity contribution < 1.29 is 14.6 Å². The normalized spacial score (nSPS) is 18.4. The van der Waals surface area contributed by atoms with Crippen LogP contribution >= 0.6 is 0 Å². The third-order valence-corrected chi connectivity index (χ3v) is 3.76. The number of aliphatic hydroxyl groups excluding tert-OH is 1. The molecule has 2 N–H and O–H groups in total. The number of carbonyl (C=O) groups is 1. The number of amides is 2. The van der Waals surface area contributed by atoms with Crippen molar-refractivity contribution in [2.75, 3.05) is 26.7 Å². The molecule has 1 aromatic carbocycles. The van der Waals surface area contributed by atoms with Crippen LogP contribution in [0.1, 0.15) is 24.8 Å². The minimum Gasteiger partial charge on any atom is -0.497 e. The summed E-state index contributed by atoms with van der Waals surface area (Å²) in [6, 6.07) is 7.92. The molecule has 1 heterocycles. The van der Waals surface area contributed by atoms with Crippen molar-refractivity contribution in [3.8, 4) is 5.75 Å². The van der Waals surface area contributed by atoms with Crippen LogP contribution in [0, 0.1) is 0 Å². The van der Waals surface area contributed by atoms with Crippen LogP contribution in [0.25, 0.3) is 0 Å². The van der Waals surface area contributed by atoms with Crippen molar-refractivity contribution in [1.29, 1.82) is 0 Å². The molecular weight excluding hydrogens is 268 g/mol. The van der Waals surface area contributed by atoms with Crippen LogP contribution in [0.5, 0.6) is 5.75 Å². The highest BCUT2D eigenvalue weighted by Gasteiger charge is 2.21. The van der Waals surface area contributed by atoms with Crippen LogP contribution in [0.3, 0.4) is 0 Å². The fourth-order valence-corrected chi connectivity index (χ4v) is 2.53. The summed E-state index contributed by atoms with van der Waals surface area (Å²) in [6.45, 7) is 1.84. The molecule has 0 bridgehead atoms. The summed E-state index contributed by atoms with van der Waals surface area (Å²) in [5.41, 5.74) is 1.23. The minimum absolute atomic E-state index is 0.0662. The molecule has 0 radical (unpaired) electrons. The predicted octanol–water partition coefficient (Wildman–Crippen LogP) is 1.79. The number of benzene rings is 1. The van der Waals surface area contributed by atoms with E-state index < -0.39 is 0 Å². The number of aryl methyl sites for hydroxylation is 1. The Labute approximate surface area is 125 Å². The Morgan fingerprint density at radius 3 is 2.86 bits per heavy atom. The molecule has 1 aliphatic heterocycles. The van der Waals surface area contributed by atoms with Crippen molar-refractivity contribution in [1.82, 2.24) is 10.2 Å². The van der Waals surface area contributed by atoms with Gasteiger partial charge >= 0.3 is 6.03 Å². The maximum atomic E-state index is 11.9. The molecule has 0 aliphatic carbocycles. The van der Waals surface area contributed by atoms with Gasteiger partial charge in [-0.1, -0.05) is 12.1 Å². The molecule has 5 nitrogen and oxygen atoms in total. The number of aliphatic hydroxyl groups is 1. The lowest BCUT2D eigenvalue weighted by Crippen LogP contribution is -2.47. The number of hydrogen-bond acceptors (Lipinski definition) is 3. The first-order valence-corrected chi connectivity index (χ1v) is 7.53. The van der Waals surface area contributed by atoms with E-state index in [-0.39, 0.29) is 12.1 Å². The highest BCUT2D eigenvalue weighted by molar-refractivity contribution is 5.74. The monoisotopic (exact) mass is 292 g/mol. The summed E-state index contributed by atoms with van der Waals surface area (Å²) in [5.74, 6) is 0.857. The molecule has 116 valence electrons. The fraction of sp³-hybridized carbons (Fsp3) is 0.562. The second-order valence-corrected chi connectivity index (χ2v) is 5.43. The fourth-order valence-electron chi connectivity index (χ4n) is 2.53. The average molecular weight is 292 g/mol. The van der Waals surface area contributed by atoms with Crippen molar-refractivity contribution in [2.45, 2.75) is 31.8 Å². The lowest BCUT2D eigenvalue weighted by atomic mass is 10.1. The zero-order chi connectivity index (χ0) is 15.1. The van der Waals surface area contributed by atoms with E-state index in [1.54, 1.807) is 12.0 Å². The van der Waals surface area contributed by atoms with E-state index >= 15 is 0 Å². The van der Waals surface area contributed by atoms with Gasteiger partial charge in [0.2, 0.25) is 0 Å². The highest BCUT2D eigenvalue weighted by Crippen LogP contribution is 2.12. The number of ether oxygens (including phenoxy) is 1. The third-order valence-electron chi connectivity index (χ3n) is 3.76. The Morgan fingerprint density at radius 2 is 2.19 bits per heavy atom. The summed E-state index contributed by atoms with van der Waals surface area (Å²) in [7, 11) is 1.65. The number of nitrogens with zero attached hydrogens (tertiary/aromatic N) is 1. The number of nitrogens with one attached hydrogen (secondary N) is 1. The largest absolute Gasteiger partial charge is 0.497 e. The second-order valence-electron chi connectivity index (χ2n) is 5.43. The molecular formula is C16H24N2O3. The zero-order valence-corrected chi connectivity index (χ0v) is 12.5. The van der Waals surface area contributed by atoms with Crippen LogP contribution in [0.2, 0.25) is 0 Å². The second kappa shape index (κ2) is 7.88. The summed E-state index contributed by atoms with van der Waals surface area (Å²) < 4.78 is 5.12. The summed E-state index contributed by atoms with van der Waals surface area (Å²) >= 11 is 0.